The van der Waals surface area contributed by atoms with Crippen LogP contribution in [0.15, 0.2) is 36.1 Å². The molecule has 2 aliphatic rings. The van der Waals surface area contributed by atoms with Gasteiger partial charge in [-0.15, -0.1) is 0 Å². The van der Waals surface area contributed by atoms with Crippen molar-refractivity contribution in [2.24, 2.45) is 5.41 Å². The lowest BCUT2D eigenvalue weighted by Crippen LogP contribution is -2.52. The van der Waals surface area contributed by atoms with Crippen molar-refractivity contribution < 1.29 is 24.3 Å². The zero-order valence-corrected chi connectivity index (χ0v) is 11.3. The van der Waals surface area contributed by atoms with E-state index in [0.717, 1.165) is 11.1 Å². The second kappa shape index (κ2) is 4.81. The second-order valence-electron chi connectivity index (χ2n) is 4.57. The molecule has 0 aromatic rings. The standard InChI is InChI=1S/C14H15NO5/c1-4-5-9-6-7-10(16)12(18)14(9)11(17)8(2)15(20-3)13(14)19/h5-7,12,18H,2,4H2,1,3H3/b9-5-. The Balaban J connectivity index is 2.72. The molecule has 2 unspecified atom stereocenters. The quantitative estimate of drug-likeness (QED) is 0.579. The van der Waals surface area contributed by atoms with Gasteiger partial charge in [-0.1, -0.05) is 25.7 Å². The Morgan fingerprint density at radius 1 is 1.45 bits per heavy atom. The van der Waals surface area contributed by atoms with Gasteiger partial charge in [0, 0.05) is 0 Å². The first kappa shape index (κ1) is 14.4. The summed E-state index contributed by atoms with van der Waals surface area (Å²) in [6.45, 7) is 5.32. The molecule has 0 radical (unpaired) electrons. The van der Waals surface area contributed by atoms with Crippen LogP contribution in [0.2, 0.25) is 0 Å². The number of nitrogens with zero attached hydrogens (tertiary/aromatic N) is 1. The number of carbonyl (C=O) groups is 3. The molecular formula is C14H15NO5. The molecule has 1 saturated heterocycles. The minimum absolute atomic E-state index is 0.193. The maximum Gasteiger partial charge on any atom is 0.272 e. The molecule has 1 aliphatic heterocycles. The largest absolute Gasteiger partial charge is 0.383 e. The van der Waals surface area contributed by atoms with Gasteiger partial charge in [-0.2, -0.15) is 5.06 Å². The molecule has 1 spiro atoms. The summed E-state index contributed by atoms with van der Waals surface area (Å²) in [5, 5.41) is 10.9. The lowest BCUT2D eigenvalue weighted by Gasteiger charge is -2.32. The molecule has 0 aromatic carbocycles. The van der Waals surface area contributed by atoms with Crippen molar-refractivity contribution in [2.75, 3.05) is 7.11 Å². The van der Waals surface area contributed by atoms with Crippen LogP contribution in [-0.4, -0.2) is 40.9 Å². The zero-order chi connectivity index (χ0) is 15.1. The monoisotopic (exact) mass is 277 g/mol. The fourth-order valence-corrected chi connectivity index (χ4v) is 2.60. The number of amides is 1. The Morgan fingerprint density at radius 2 is 2.10 bits per heavy atom. The van der Waals surface area contributed by atoms with E-state index in [2.05, 4.69) is 6.58 Å². The van der Waals surface area contributed by atoms with Gasteiger partial charge in [0.05, 0.1) is 7.11 Å². The number of allylic oxidation sites excluding steroid dienone is 3. The second-order valence-corrected chi connectivity index (χ2v) is 4.57. The molecule has 2 rings (SSSR count). The van der Waals surface area contributed by atoms with Crippen LogP contribution < -0.4 is 0 Å². The number of hydrogen-bond donors (Lipinski definition) is 1. The maximum atomic E-state index is 12.5. The van der Waals surface area contributed by atoms with Gasteiger partial charge < -0.3 is 5.11 Å². The average molecular weight is 277 g/mol. The third kappa shape index (κ3) is 1.55. The number of carbonyl (C=O) groups excluding carboxylic acids is 3. The molecule has 0 bridgehead atoms. The van der Waals surface area contributed by atoms with Crippen molar-refractivity contribution in [3.05, 3.63) is 36.1 Å². The molecule has 0 aromatic heterocycles. The van der Waals surface area contributed by atoms with Gasteiger partial charge >= 0.3 is 0 Å². The molecule has 6 heteroatoms. The summed E-state index contributed by atoms with van der Waals surface area (Å²) in [6.07, 6.45) is 2.97. The van der Waals surface area contributed by atoms with E-state index in [1.165, 1.54) is 13.2 Å². The summed E-state index contributed by atoms with van der Waals surface area (Å²) in [4.78, 5) is 41.6. The van der Waals surface area contributed by atoms with E-state index in [1.54, 1.807) is 6.08 Å². The summed E-state index contributed by atoms with van der Waals surface area (Å²) in [5.74, 6) is -2.19. The molecule has 2 atom stereocenters. The number of hydroxylamine groups is 2. The van der Waals surface area contributed by atoms with Crippen LogP contribution >= 0.6 is 0 Å². The van der Waals surface area contributed by atoms with Crippen LogP contribution in [0.4, 0.5) is 0 Å². The Labute approximate surface area is 116 Å². The molecule has 6 nitrogen and oxygen atoms in total. The zero-order valence-electron chi connectivity index (χ0n) is 11.3. The van der Waals surface area contributed by atoms with Gasteiger partial charge in [0.2, 0.25) is 5.78 Å². The minimum Gasteiger partial charge on any atom is -0.383 e. The van der Waals surface area contributed by atoms with Gasteiger partial charge in [0.15, 0.2) is 11.2 Å². The van der Waals surface area contributed by atoms with E-state index in [4.69, 9.17) is 4.84 Å². The number of hydrogen-bond acceptors (Lipinski definition) is 5. The predicted molar refractivity (Wildman–Crippen MR) is 69.0 cm³/mol. The molecule has 20 heavy (non-hydrogen) atoms. The van der Waals surface area contributed by atoms with Crippen molar-refractivity contribution in [2.45, 2.75) is 19.4 Å². The van der Waals surface area contributed by atoms with E-state index in [-0.39, 0.29) is 5.70 Å². The van der Waals surface area contributed by atoms with E-state index in [1.807, 2.05) is 6.92 Å². The Kier molecular flexibility index (Phi) is 3.45. The number of rotatable bonds is 2. The van der Waals surface area contributed by atoms with Crippen molar-refractivity contribution in [3.63, 3.8) is 0 Å². The highest BCUT2D eigenvalue weighted by Gasteiger charge is 2.65. The third-order valence-corrected chi connectivity index (χ3v) is 3.56. The first-order valence-corrected chi connectivity index (χ1v) is 6.15. The lowest BCUT2D eigenvalue weighted by atomic mass is 9.68. The number of aliphatic hydroxyl groups is 1. The smallest absolute Gasteiger partial charge is 0.272 e. The fraction of sp³-hybridized carbons (Fsp3) is 0.357. The predicted octanol–water partition coefficient (Wildman–Crippen LogP) is 0.295. The van der Waals surface area contributed by atoms with Crippen LogP contribution in [0.3, 0.4) is 0 Å². The van der Waals surface area contributed by atoms with E-state index < -0.39 is 29.0 Å². The number of Topliss-reactive ketones (excluding diaryl/α,β-unsaturated/α-hetero) is 1. The summed E-state index contributed by atoms with van der Waals surface area (Å²) in [6, 6.07) is 0. The lowest BCUT2D eigenvalue weighted by molar-refractivity contribution is -0.170. The van der Waals surface area contributed by atoms with Crippen LogP contribution in [0.25, 0.3) is 0 Å². The minimum atomic E-state index is -1.96. The Hall–Kier alpha value is -2.05. The SMILES string of the molecule is C=C1C(=O)C2(C(=O)N1OC)/C(=C\CC)C=CC(=O)C2O. The molecule has 1 N–H and O–H groups in total. The Morgan fingerprint density at radius 3 is 2.60 bits per heavy atom. The number of ketones is 2. The van der Waals surface area contributed by atoms with Crippen LogP contribution in [0.5, 0.6) is 0 Å². The van der Waals surface area contributed by atoms with Crippen molar-refractivity contribution in [1.82, 2.24) is 5.06 Å². The van der Waals surface area contributed by atoms with Crippen molar-refractivity contribution >= 4 is 17.5 Å². The summed E-state index contributed by atoms with van der Waals surface area (Å²) >= 11 is 0. The first-order valence-electron chi connectivity index (χ1n) is 6.15. The highest BCUT2D eigenvalue weighted by atomic mass is 16.7. The highest BCUT2D eigenvalue weighted by molar-refractivity contribution is 6.26. The van der Waals surface area contributed by atoms with E-state index in [9.17, 15) is 19.5 Å². The van der Waals surface area contributed by atoms with Gasteiger partial charge in [-0.05, 0) is 18.1 Å². The van der Waals surface area contributed by atoms with Crippen molar-refractivity contribution in [1.29, 1.82) is 0 Å². The van der Waals surface area contributed by atoms with Gasteiger partial charge in [0.25, 0.3) is 5.91 Å². The fourth-order valence-electron chi connectivity index (χ4n) is 2.60. The average Bonchev–Trinajstić information content (AvgIpc) is 2.61. The molecule has 1 aliphatic carbocycles. The summed E-state index contributed by atoms with van der Waals surface area (Å²) < 4.78 is 0. The van der Waals surface area contributed by atoms with Crippen LogP contribution in [0.1, 0.15) is 13.3 Å². The normalized spacial score (nSPS) is 32.0. The van der Waals surface area contributed by atoms with E-state index >= 15 is 0 Å². The molecule has 106 valence electrons. The molecular weight excluding hydrogens is 262 g/mol. The maximum absolute atomic E-state index is 12.5. The molecule has 1 fully saturated rings. The summed E-state index contributed by atoms with van der Waals surface area (Å²) in [5.41, 5.74) is -1.86. The first-order chi connectivity index (χ1) is 9.42. The third-order valence-electron chi connectivity index (χ3n) is 3.56. The van der Waals surface area contributed by atoms with Crippen molar-refractivity contribution in [3.8, 4) is 0 Å². The highest BCUT2D eigenvalue weighted by Crippen LogP contribution is 2.46. The number of aliphatic hydroxyl groups excluding tert-OH is 1. The van der Waals surface area contributed by atoms with Crippen LogP contribution in [0, 0.1) is 5.41 Å². The van der Waals surface area contributed by atoms with Crippen LogP contribution in [-0.2, 0) is 19.2 Å². The summed E-state index contributed by atoms with van der Waals surface area (Å²) in [7, 11) is 1.21. The molecule has 0 saturated carbocycles. The van der Waals surface area contributed by atoms with E-state index in [0.29, 0.717) is 12.0 Å². The van der Waals surface area contributed by atoms with Gasteiger partial charge in [0.1, 0.15) is 11.8 Å². The van der Waals surface area contributed by atoms with Gasteiger partial charge in [-0.3, -0.25) is 19.2 Å². The molecule has 1 heterocycles. The van der Waals surface area contributed by atoms with Gasteiger partial charge in [-0.25, -0.2) is 0 Å². The topological polar surface area (TPSA) is 83.9 Å². The molecule has 1 amide bonds. The Bertz CT molecular complexity index is 574.